The maximum atomic E-state index is 12.9. The van der Waals surface area contributed by atoms with Crippen molar-refractivity contribution in [2.45, 2.75) is 51.5 Å². The second-order valence-corrected chi connectivity index (χ2v) is 9.73. The molecule has 3 heterocycles. The molecule has 1 aliphatic carbocycles. The van der Waals surface area contributed by atoms with E-state index in [1.807, 2.05) is 12.1 Å². The van der Waals surface area contributed by atoms with Gasteiger partial charge in [-0.05, 0) is 50.9 Å². The molecule has 3 N–H and O–H groups in total. The normalized spacial score (nSPS) is 18.5. The number of anilines is 1. The fourth-order valence-electron chi connectivity index (χ4n) is 4.66. The molecule has 8 nitrogen and oxygen atoms in total. The Balaban J connectivity index is 1.53. The second kappa shape index (κ2) is 9.95. The first-order valence-corrected chi connectivity index (χ1v) is 12.1. The van der Waals surface area contributed by atoms with Gasteiger partial charge in [-0.2, -0.15) is 0 Å². The topological polar surface area (TPSA) is 115 Å². The van der Waals surface area contributed by atoms with Gasteiger partial charge in [0.25, 0.3) is 0 Å². The average Bonchev–Trinajstić information content (AvgIpc) is 3.17. The highest BCUT2D eigenvalue weighted by Crippen LogP contribution is 2.37. The quantitative estimate of drug-likeness (QED) is 0.642. The minimum Gasteiger partial charge on any atom is -0.465 e. The summed E-state index contributed by atoms with van der Waals surface area (Å²) in [5.41, 5.74) is 6.82. The van der Waals surface area contributed by atoms with Crippen LogP contribution in [-0.2, 0) is 20.9 Å². The number of primary amides is 1. The zero-order valence-corrected chi connectivity index (χ0v) is 19.2. The average molecular weight is 459 g/mol. The Morgan fingerprint density at radius 3 is 2.50 bits per heavy atom. The first-order valence-electron chi connectivity index (χ1n) is 11.3. The SMILES string of the molecule is COC(=O)c1sc2nc(CN3CCC(C(N)=O)CC3)ccc2c1NC(=O)C1CCCCC1. The highest BCUT2D eigenvalue weighted by molar-refractivity contribution is 7.21. The van der Waals surface area contributed by atoms with Gasteiger partial charge in [0.05, 0.1) is 18.5 Å². The summed E-state index contributed by atoms with van der Waals surface area (Å²) in [6.07, 6.45) is 6.60. The largest absolute Gasteiger partial charge is 0.465 e. The summed E-state index contributed by atoms with van der Waals surface area (Å²) in [4.78, 5) is 44.8. The molecule has 2 aromatic heterocycles. The van der Waals surface area contributed by atoms with Crippen LogP contribution in [0.15, 0.2) is 12.1 Å². The third-order valence-electron chi connectivity index (χ3n) is 6.58. The molecule has 1 saturated carbocycles. The number of carbonyl (C=O) groups is 3. The van der Waals surface area contributed by atoms with Gasteiger partial charge >= 0.3 is 5.97 Å². The van der Waals surface area contributed by atoms with Gasteiger partial charge in [-0.1, -0.05) is 19.3 Å². The minimum absolute atomic E-state index is 0.0141. The molecule has 1 aliphatic heterocycles. The molecule has 2 aliphatic rings. The monoisotopic (exact) mass is 458 g/mol. The third-order valence-corrected chi connectivity index (χ3v) is 7.66. The molecule has 2 amide bonds. The Hall–Kier alpha value is -2.52. The molecule has 172 valence electrons. The number of esters is 1. The number of hydrogen-bond acceptors (Lipinski definition) is 7. The van der Waals surface area contributed by atoms with E-state index in [0.29, 0.717) is 21.9 Å². The van der Waals surface area contributed by atoms with Crippen LogP contribution in [0.3, 0.4) is 0 Å². The summed E-state index contributed by atoms with van der Waals surface area (Å²) in [6, 6.07) is 3.86. The van der Waals surface area contributed by atoms with Crippen LogP contribution < -0.4 is 11.1 Å². The molecule has 0 bridgehead atoms. The van der Waals surface area contributed by atoms with Crippen molar-refractivity contribution in [1.82, 2.24) is 9.88 Å². The number of amides is 2. The highest BCUT2D eigenvalue weighted by atomic mass is 32.1. The van der Waals surface area contributed by atoms with Gasteiger partial charge in [-0.3, -0.25) is 14.5 Å². The molecule has 0 aromatic carbocycles. The first-order chi connectivity index (χ1) is 15.5. The Kier molecular flexibility index (Phi) is 7.05. The number of nitrogens with one attached hydrogen (secondary N) is 1. The maximum absolute atomic E-state index is 12.9. The van der Waals surface area contributed by atoms with Gasteiger partial charge in [0.1, 0.15) is 9.71 Å². The molecule has 2 fully saturated rings. The molecule has 0 unspecified atom stereocenters. The number of piperidine rings is 1. The van der Waals surface area contributed by atoms with Crippen LogP contribution in [0.25, 0.3) is 10.2 Å². The number of rotatable bonds is 6. The van der Waals surface area contributed by atoms with Crippen molar-refractivity contribution < 1.29 is 19.1 Å². The molecule has 1 saturated heterocycles. The van der Waals surface area contributed by atoms with Gasteiger partial charge in [0.15, 0.2) is 0 Å². The fourth-order valence-corrected chi connectivity index (χ4v) is 5.73. The van der Waals surface area contributed by atoms with Crippen molar-refractivity contribution in [3.05, 3.63) is 22.7 Å². The summed E-state index contributed by atoms with van der Waals surface area (Å²) in [6.45, 7) is 2.26. The number of thiophene rings is 1. The van der Waals surface area contributed by atoms with E-state index in [2.05, 4.69) is 10.2 Å². The van der Waals surface area contributed by atoms with Crippen molar-refractivity contribution in [2.75, 3.05) is 25.5 Å². The molecule has 0 spiro atoms. The molecule has 0 radical (unpaired) electrons. The molecule has 0 atom stereocenters. The third kappa shape index (κ3) is 4.94. The highest BCUT2D eigenvalue weighted by Gasteiger charge is 2.27. The summed E-state index contributed by atoms with van der Waals surface area (Å²) >= 11 is 1.25. The van der Waals surface area contributed by atoms with Crippen LogP contribution in [-0.4, -0.2) is 47.9 Å². The molecule has 9 heteroatoms. The van der Waals surface area contributed by atoms with Crippen molar-refractivity contribution in [3.8, 4) is 0 Å². The van der Waals surface area contributed by atoms with E-state index < -0.39 is 5.97 Å². The summed E-state index contributed by atoms with van der Waals surface area (Å²) in [5.74, 6) is -0.782. The van der Waals surface area contributed by atoms with Gasteiger partial charge in [0.2, 0.25) is 11.8 Å². The molecular formula is C23H30N4O4S. The molecule has 4 rings (SSSR count). The van der Waals surface area contributed by atoms with Crippen molar-refractivity contribution in [1.29, 1.82) is 0 Å². The van der Waals surface area contributed by atoms with E-state index >= 15 is 0 Å². The van der Waals surface area contributed by atoms with E-state index in [1.165, 1.54) is 24.9 Å². The second-order valence-electron chi connectivity index (χ2n) is 8.73. The zero-order chi connectivity index (χ0) is 22.7. The Morgan fingerprint density at radius 2 is 1.84 bits per heavy atom. The molecular weight excluding hydrogens is 428 g/mol. The molecule has 32 heavy (non-hydrogen) atoms. The number of hydrogen-bond donors (Lipinski definition) is 2. The van der Waals surface area contributed by atoms with Crippen LogP contribution in [0.1, 0.15) is 60.3 Å². The van der Waals surface area contributed by atoms with Crippen molar-refractivity contribution in [2.24, 2.45) is 17.6 Å². The van der Waals surface area contributed by atoms with E-state index in [1.54, 1.807) is 0 Å². The van der Waals surface area contributed by atoms with Crippen LogP contribution in [0, 0.1) is 11.8 Å². The minimum atomic E-state index is -0.470. The summed E-state index contributed by atoms with van der Waals surface area (Å²) in [5, 5.41) is 3.77. The Bertz CT molecular complexity index is 1010. The number of carbonyl (C=O) groups excluding carboxylic acids is 3. The van der Waals surface area contributed by atoms with E-state index in [4.69, 9.17) is 15.5 Å². The van der Waals surface area contributed by atoms with Crippen molar-refractivity contribution >= 4 is 45.0 Å². The smallest absolute Gasteiger partial charge is 0.350 e. The predicted molar refractivity (Wildman–Crippen MR) is 123 cm³/mol. The standard InChI is InChI=1S/C23H30N4O4S/c1-31-23(30)19-18(26-21(29)15-5-3-2-4-6-15)17-8-7-16(25-22(17)32-19)13-27-11-9-14(10-12-27)20(24)28/h7-8,14-15H,2-6,9-13H2,1H3,(H2,24,28)(H,26,29). The number of nitrogens with zero attached hydrogens (tertiary/aromatic N) is 2. The predicted octanol–water partition coefficient (Wildman–Crippen LogP) is 3.30. The summed E-state index contributed by atoms with van der Waals surface area (Å²) < 4.78 is 4.96. The number of likely N-dealkylation sites (tertiary alicyclic amines) is 1. The van der Waals surface area contributed by atoms with E-state index in [0.717, 1.165) is 62.7 Å². The molecule has 2 aromatic rings. The van der Waals surface area contributed by atoms with Gasteiger partial charge in [0, 0.05) is 23.8 Å². The number of ether oxygens (including phenoxy) is 1. The number of pyridine rings is 1. The van der Waals surface area contributed by atoms with Crippen LogP contribution in [0.5, 0.6) is 0 Å². The lowest BCUT2D eigenvalue weighted by atomic mass is 9.88. The van der Waals surface area contributed by atoms with Crippen molar-refractivity contribution in [3.63, 3.8) is 0 Å². The lowest BCUT2D eigenvalue weighted by Crippen LogP contribution is -2.38. The lowest BCUT2D eigenvalue weighted by molar-refractivity contribution is -0.123. The van der Waals surface area contributed by atoms with Crippen LogP contribution in [0.2, 0.25) is 0 Å². The van der Waals surface area contributed by atoms with Gasteiger partial charge < -0.3 is 15.8 Å². The fraction of sp³-hybridized carbons (Fsp3) is 0.565. The van der Waals surface area contributed by atoms with E-state index in [9.17, 15) is 14.4 Å². The van der Waals surface area contributed by atoms with E-state index in [-0.39, 0.29) is 23.7 Å². The van der Waals surface area contributed by atoms with Gasteiger partial charge in [-0.25, -0.2) is 9.78 Å². The number of methoxy groups -OCH3 is 1. The Morgan fingerprint density at radius 1 is 1.12 bits per heavy atom. The van der Waals surface area contributed by atoms with Crippen LogP contribution >= 0.6 is 11.3 Å². The zero-order valence-electron chi connectivity index (χ0n) is 18.4. The maximum Gasteiger partial charge on any atom is 0.350 e. The lowest BCUT2D eigenvalue weighted by Gasteiger charge is -2.30. The number of nitrogens with two attached hydrogens (primary N) is 1. The first kappa shape index (κ1) is 22.7. The van der Waals surface area contributed by atoms with Gasteiger partial charge in [-0.15, -0.1) is 11.3 Å². The Labute approximate surface area is 191 Å². The number of fused-ring (bicyclic) bond motifs is 1. The summed E-state index contributed by atoms with van der Waals surface area (Å²) in [7, 11) is 1.34. The van der Waals surface area contributed by atoms with Crippen LogP contribution in [0.4, 0.5) is 5.69 Å². The number of aromatic nitrogens is 1.